The first-order valence-electron chi connectivity index (χ1n) is 9.10. The molecule has 1 saturated heterocycles. The number of carbonyl (C=O) groups is 1. The molecular weight excluding hydrogens is 368 g/mol. The summed E-state index contributed by atoms with van der Waals surface area (Å²) in [6.45, 7) is -0.0385. The molecule has 3 rings (SSSR count). The zero-order valence-corrected chi connectivity index (χ0v) is 16.2. The lowest BCUT2D eigenvalue weighted by molar-refractivity contribution is 0.165. The van der Waals surface area contributed by atoms with Crippen LogP contribution in [0, 0.1) is 17.2 Å². The summed E-state index contributed by atoms with van der Waals surface area (Å²) in [6.07, 6.45) is 4.23. The second-order valence-electron chi connectivity index (χ2n) is 7.16. The van der Waals surface area contributed by atoms with Gasteiger partial charge in [0, 0.05) is 19.2 Å². The summed E-state index contributed by atoms with van der Waals surface area (Å²) in [5, 5.41) is 8.82. The van der Waals surface area contributed by atoms with E-state index >= 15 is 0 Å². The molecule has 1 unspecified atom stereocenters. The predicted octanol–water partition coefficient (Wildman–Crippen LogP) is 3.18. The number of carbonyl (C=O) groups excluding carboxylic acids is 1. The highest BCUT2D eigenvalue weighted by Gasteiger charge is 2.40. The normalized spacial score (nSPS) is 25.9. The van der Waals surface area contributed by atoms with Crippen LogP contribution < -0.4 is 4.90 Å². The molecule has 1 aromatic rings. The van der Waals surface area contributed by atoms with Crippen LogP contribution >= 0.6 is 0 Å². The third-order valence-electron chi connectivity index (χ3n) is 5.37. The molecule has 0 radical (unpaired) electrons. The Hall–Kier alpha value is -2.11. The molecule has 2 aliphatic rings. The van der Waals surface area contributed by atoms with Crippen molar-refractivity contribution in [2.45, 2.75) is 43.5 Å². The van der Waals surface area contributed by atoms with Crippen LogP contribution in [0.2, 0.25) is 0 Å². The summed E-state index contributed by atoms with van der Waals surface area (Å²) >= 11 is 0. The highest BCUT2D eigenvalue weighted by Crippen LogP contribution is 2.37. The van der Waals surface area contributed by atoms with Gasteiger partial charge in [0.1, 0.15) is 0 Å². The first kappa shape index (κ1) is 19.6. The Labute approximate surface area is 159 Å². The van der Waals surface area contributed by atoms with Gasteiger partial charge in [0.2, 0.25) is 15.3 Å². The Balaban J connectivity index is 1.64. The molecule has 1 amide bonds. The average molecular weight is 392 g/mol. The number of benzene rings is 1. The monoisotopic (exact) mass is 392 g/mol. The molecule has 0 N–H and O–H groups in total. The number of amides is 1. The van der Waals surface area contributed by atoms with Crippen molar-refractivity contribution in [3.63, 3.8) is 0 Å². The lowest BCUT2D eigenvalue weighted by atomic mass is 9.78. The first-order chi connectivity index (χ1) is 12.9. The third-order valence-corrected chi connectivity index (χ3v) is 6.98. The average Bonchev–Trinajstić information content (AvgIpc) is 3.06. The van der Waals surface area contributed by atoms with E-state index in [0.29, 0.717) is 23.9 Å². The number of cyclic esters (lactones) is 1. The van der Waals surface area contributed by atoms with Gasteiger partial charge in [-0.15, -0.1) is 0 Å². The highest BCUT2D eigenvalue weighted by atomic mass is 32.2. The smallest absolute Gasteiger partial charge is 0.415 e. The van der Waals surface area contributed by atoms with Gasteiger partial charge in [-0.3, -0.25) is 4.90 Å². The fourth-order valence-electron chi connectivity index (χ4n) is 3.83. The summed E-state index contributed by atoms with van der Waals surface area (Å²) < 4.78 is 33.8. The Kier molecular flexibility index (Phi) is 6.02. The van der Waals surface area contributed by atoms with Crippen LogP contribution in [-0.4, -0.2) is 39.5 Å². The Morgan fingerprint density at radius 2 is 1.89 bits per heavy atom. The topological polar surface area (TPSA) is 96.7 Å². The van der Waals surface area contributed by atoms with E-state index in [9.17, 15) is 13.2 Å². The quantitative estimate of drug-likeness (QED) is 0.738. The van der Waals surface area contributed by atoms with Crippen LogP contribution in [0.4, 0.5) is 10.5 Å². The number of rotatable bonds is 6. The second-order valence-corrected chi connectivity index (χ2v) is 9.25. The van der Waals surface area contributed by atoms with Crippen molar-refractivity contribution in [1.29, 1.82) is 5.26 Å². The standard InChI is InChI=1S/C19H24N2O5S/c1-25-13-27(23,24)18-12-21(19(22)26-18)17-8-6-16(7-9-17)15-4-2-14(3-5-15)10-11-20/h6-9,14-15,18H,2-5,10,12-13H2,1H3/t14-,15-,18?. The number of nitriles is 1. The number of hydrogen-bond acceptors (Lipinski definition) is 6. The van der Waals surface area contributed by atoms with Crippen molar-refractivity contribution in [2.75, 3.05) is 24.5 Å². The van der Waals surface area contributed by atoms with Crippen molar-refractivity contribution in [3.05, 3.63) is 29.8 Å². The van der Waals surface area contributed by atoms with E-state index in [-0.39, 0.29) is 6.54 Å². The zero-order valence-electron chi connectivity index (χ0n) is 15.3. The summed E-state index contributed by atoms with van der Waals surface area (Å²) in [6, 6.07) is 9.92. The Morgan fingerprint density at radius 3 is 2.48 bits per heavy atom. The number of ether oxygens (including phenoxy) is 2. The molecule has 0 bridgehead atoms. The van der Waals surface area contributed by atoms with Crippen LogP contribution in [0.3, 0.4) is 0 Å². The molecule has 1 aromatic carbocycles. The minimum Gasteiger partial charge on any atom is -0.427 e. The molecule has 2 fully saturated rings. The molecule has 1 aliphatic heterocycles. The van der Waals surface area contributed by atoms with Crippen LogP contribution in [0.15, 0.2) is 24.3 Å². The molecule has 0 aromatic heterocycles. The molecule has 1 heterocycles. The SMILES string of the molecule is COCS(=O)(=O)C1CN(c2ccc([C@H]3CC[C@H](CC#N)CC3)cc2)C(=O)O1. The van der Waals surface area contributed by atoms with E-state index in [4.69, 9.17) is 10.00 Å². The van der Waals surface area contributed by atoms with Gasteiger partial charge in [0.15, 0.2) is 5.94 Å². The molecule has 1 atom stereocenters. The molecular formula is C19H24N2O5S. The van der Waals surface area contributed by atoms with Crippen LogP contribution in [0.25, 0.3) is 0 Å². The van der Waals surface area contributed by atoms with Gasteiger partial charge in [0.25, 0.3) is 0 Å². The summed E-state index contributed by atoms with van der Waals surface area (Å²) in [4.78, 5) is 13.4. The van der Waals surface area contributed by atoms with Gasteiger partial charge in [-0.1, -0.05) is 12.1 Å². The van der Waals surface area contributed by atoms with Crippen LogP contribution in [0.5, 0.6) is 0 Å². The lowest BCUT2D eigenvalue weighted by Crippen LogP contribution is -2.30. The fourth-order valence-corrected chi connectivity index (χ4v) is 4.92. The molecule has 1 saturated carbocycles. The van der Waals surface area contributed by atoms with E-state index in [1.165, 1.54) is 17.6 Å². The molecule has 8 heteroatoms. The number of hydrogen-bond donors (Lipinski definition) is 0. The van der Waals surface area contributed by atoms with Gasteiger partial charge in [0.05, 0.1) is 12.6 Å². The predicted molar refractivity (Wildman–Crippen MR) is 99.8 cm³/mol. The highest BCUT2D eigenvalue weighted by molar-refractivity contribution is 7.91. The third kappa shape index (κ3) is 4.42. The summed E-state index contributed by atoms with van der Waals surface area (Å²) in [5.74, 6) is 0.497. The molecule has 0 spiro atoms. The van der Waals surface area contributed by atoms with E-state index in [1.54, 1.807) is 0 Å². The van der Waals surface area contributed by atoms with Crippen molar-refractivity contribution < 1.29 is 22.7 Å². The van der Waals surface area contributed by atoms with Crippen LogP contribution in [0.1, 0.15) is 43.6 Å². The van der Waals surface area contributed by atoms with Crippen molar-refractivity contribution in [1.82, 2.24) is 0 Å². The lowest BCUT2D eigenvalue weighted by Gasteiger charge is -2.27. The van der Waals surface area contributed by atoms with Crippen molar-refractivity contribution in [3.8, 4) is 6.07 Å². The summed E-state index contributed by atoms with van der Waals surface area (Å²) in [5.41, 5.74) is 0.627. The fraction of sp³-hybridized carbons (Fsp3) is 0.579. The van der Waals surface area contributed by atoms with Gasteiger partial charge in [-0.2, -0.15) is 5.26 Å². The largest absolute Gasteiger partial charge is 0.427 e. The molecule has 1 aliphatic carbocycles. The van der Waals surface area contributed by atoms with Crippen molar-refractivity contribution >= 4 is 21.6 Å². The van der Waals surface area contributed by atoms with Crippen LogP contribution in [-0.2, 0) is 19.3 Å². The maximum atomic E-state index is 12.1. The van der Waals surface area contributed by atoms with E-state index in [0.717, 1.165) is 25.7 Å². The van der Waals surface area contributed by atoms with Gasteiger partial charge in [-0.05, 0) is 55.2 Å². The molecule has 27 heavy (non-hydrogen) atoms. The number of nitrogens with zero attached hydrogens (tertiary/aromatic N) is 2. The van der Waals surface area contributed by atoms with Crippen molar-refractivity contribution in [2.24, 2.45) is 5.92 Å². The maximum absolute atomic E-state index is 12.1. The minimum absolute atomic E-state index is 0.0385. The van der Waals surface area contributed by atoms with Gasteiger partial charge >= 0.3 is 6.09 Å². The first-order valence-corrected chi connectivity index (χ1v) is 10.8. The van der Waals surface area contributed by atoms with Gasteiger partial charge < -0.3 is 9.47 Å². The second kappa shape index (κ2) is 8.28. The summed E-state index contributed by atoms with van der Waals surface area (Å²) in [7, 11) is -2.36. The van der Waals surface area contributed by atoms with E-state index < -0.39 is 27.3 Å². The Morgan fingerprint density at radius 1 is 1.22 bits per heavy atom. The van der Waals surface area contributed by atoms with Gasteiger partial charge in [-0.25, -0.2) is 13.2 Å². The molecule has 7 nitrogen and oxygen atoms in total. The zero-order chi connectivity index (χ0) is 19.4. The van der Waals surface area contributed by atoms with E-state index in [1.807, 2.05) is 24.3 Å². The maximum Gasteiger partial charge on any atom is 0.415 e. The number of methoxy groups -OCH3 is 1. The minimum atomic E-state index is -3.65. The number of anilines is 1. The molecule has 146 valence electrons. The number of sulfone groups is 1. The van der Waals surface area contributed by atoms with E-state index in [2.05, 4.69) is 10.8 Å². The Bertz CT molecular complexity index is 807.